The van der Waals surface area contributed by atoms with E-state index in [0.717, 1.165) is 4.88 Å². The van der Waals surface area contributed by atoms with Crippen LogP contribution in [0.2, 0.25) is 0 Å². The van der Waals surface area contributed by atoms with Crippen molar-refractivity contribution >= 4 is 23.2 Å². The fourth-order valence-electron chi connectivity index (χ4n) is 2.42. The molecule has 0 aliphatic carbocycles. The monoisotopic (exact) mass is 237 g/mol. The van der Waals surface area contributed by atoms with Crippen molar-refractivity contribution in [2.75, 3.05) is 7.05 Å². The van der Waals surface area contributed by atoms with Gasteiger partial charge in [-0.2, -0.15) is 0 Å². The summed E-state index contributed by atoms with van der Waals surface area (Å²) in [6.45, 7) is 0. The molecule has 0 aromatic carbocycles. The van der Waals surface area contributed by atoms with Gasteiger partial charge in [0.05, 0.1) is 12.0 Å². The summed E-state index contributed by atoms with van der Waals surface area (Å²) in [5.74, 6) is -0.689. The van der Waals surface area contributed by atoms with Crippen LogP contribution in [-0.2, 0) is 9.59 Å². The normalized spacial score (nSPS) is 34.2. The van der Waals surface area contributed by atoms with Crippen LogP contribution in [0.3, 0.4) is 0 Å². The van der Waals surface area contributed by atoms with Gasteiger partial charge in [0, 0.05) is 11.9 Å². The van der Waals surface area contributed by atoms with Gasteiger partial charge in [0.1, 0.15) is 6.04 Å². The Balaban J connectivity index is 1.99. The second-order valence-electron chi connectivity index (χ2n) is 4.06. The summed E-state index contributed by atoms with van der Waals surface area (Å²) < 4.78 is 0. The maximum Gasteiger partial charge on any atom is 0.246 e. The maximum atomic E-state index is 11.7. The third-order valence-corrected chi connectivity index (χ3v) is 4.08. The van der Waals surface area contributed by atoms with E-state index in [9.17, 15) is 9.59 Å². The van der Waals surface area contributed by atoms with Crippen LogP contribution in [0.4, 0.5) is 0 Å². The van der Waals surface area contributed by atoms with Crippen molar-refractivity contribution in [3.05, 3.63) is 22.4 Å². The average Bonchev–Trinajstić information content (AvgIpc) is 2.87. The average molecular weight is 237 g/mol. The molecule has 0 unspecified atom stereocenters. The van der Waals surface area contributed by atoms with E-state index in [1.54, 1.807) is 23.4 Å². The first kappa shape index (κ1) is 9.95. The van der Waals surface area contributed by atoms with E-state index < -0.39 is 0 Å². The smallest absolute Gasteiger partial charge is 0.246 e. The number of nitrogens with one attached hydrogen (secondary N) is 2. The second-order valence-corrected chi connectivity index (χ2v) is 5.04. The predicted molar refractivity (Wildman–Crippen MR) is 58.4 cm³/mol. The number of hydrogen-bond donors (Lipinski definition) is 2. The molecule has 6 heteroatoms. The zero-order valence-corrected chi connectivity index (χ0v) is 9.45. The van der Waals surface area contributed by atoms with Crippen molar-refractivity contribution in [1.82, 2.24) is 15.8 Å². The lowest BCUT2D eigenvalue weighted by Crippen LogP contribution is -2.41. The molecule has 0 radical (unpaired) electrons. The van der Waals surface area contributed by atoms with Gasteiger partial charge in [0.15, 0.2) is 0 Å². The summed E-state index contributed by atoms with van der Waals surface area (Å²) in [7, 11) is 1.80. The minimum Gasteiger partial charge on any atom is -0.295 e. The highest BCUT2D eigenvalue weighted by atomic mass is 32.1. The first-order valence-corrected chi connectivity index (χ1v) is 5.93. The molecule has 2 fully saturated rings. The molecule has 2 aliphatic heterocycles. The van der Waals surface area contributed by atoms with Gasteiger partial charge >= 0.3 is 0 Å². The number of hydrazine groups is 1. The third kappa shape index (κ3) is 1.24. The lowest BCUT2D eigenvalue weighted by atomic mass is 9.95. The summed E-state index contributed by atoms with van der Waals surface area (Å²) in [6.07, 6.45) is 0. The standard InChI is InChI=1S/C10H11N3O2S/c1-13-8-6(9(14)11-10(8)15)7(12-13)5-3-2-4-16-5/h2-4,6-8,12H,1H3,(H,11,14,15)/t6-,7-,8-/m0/s1. The van der Waals surface area contributed by atoms with Crippen LogP contribution in [0.15, 0.2) is 17.5 Å². The van der Waals surface area contributed by atoms with E-state index in [-0.39, 0.29) is 29.8 Å². The molecule has 3 rings (SSSR count). The van der Waals surface area contributed by atoms with Gasteiger partial charge < -0.3 is 0 Å². The quantitative estimate of drug-likeness (QED) is 0.669. The first-order chi connectivity index (χ1) is 7.68. The number of hydrogen-bond acceptors (Lipinski definition) is 5. The lowest BCUT2D eigenvalue weighted by molar-refractivity contribution is -0.127. The largest absolute Gasteiger partial charge is 0.295 e. The molecular weight excluding hydrogens is 226 g/mol. The van der Waals surface area contributed by atoms with Gasteiger partial charge in [-0.3, -0.25) is 14.9 Å². The summed E-state index contributed by atoms with van der Waals surface area (Å²) in [5, 5.41) is 6.09. The Kier molecular flexibility index (Phi) is 2.10. The molecule has 0 spiro atoms. The van der Waals surface area contributed by atoms with Crippen molar-refractivity contribution in [2.45, 2.75) is 12.1 Å². The minimum absolute atomic E-state index is 0.0820. The van der Waals surface area contributed by atoms with E-state index in [1.165, 1.54) is 0 Å². The van der Waals surface area contributed by atoms with Crippen LogP contribution in [0, 0.1) is 5.92 Å². The predicted octanol–water partition coefficient (Wildman–Crippen LogP) is -0.120. The molecule has 3 atom stereocenters. The van der Waals surface area contributed by atoms with E-state index in [2.05, 4.69) is 10.7 Å². The summed E-state index contributed by atoms with van der Waals surface area (Å²) in [4.78, 5) is 24.4. The van der Waals surface area contributed by atoms with E-state index in [1.807, 2.05) is 17.5 Å². The lowest BCUT2D eigenvalue weighted by Gasteiger charge is -2.15. The fourth-order valence-corrected chi connectivity index (χ4v) is 3.24. The van der Waals surface area contributed by atoms with Crippen LogP contribution in [0.5, 0.6) is 0 Å². The number of fused-ring (bicyclic) bond motifs is 1. The molecule has 0 saturated carbocycles. The first-order valence-electron chi connectivity index (χ1n) is 5.05. The Morgan fingerprint density at radius 1 is 1.38 bits per heavy atom. The number of thiophene rings is 1. The molecule has 2 N–H and O–H groups in total. The van der Waals surface area contributed by atoms with E-state index in [4.69, 9.17) is 0 Å². The summed E-state index contributed by atoms with van der Waals surface area (Å²) in [6, 6.07) is 3.47. The van der Waals surface area contributed by atoms with Crippen molar-refractivity contribution in [1.29, 1.82) is 0 Å². The molecule has 2 aliphatic rings. The molecule has 2 amide bonds. The number of carbonyl (C=O) groups is 2. The highest BCUT2D eigenvalue weighted by Gasteiger charge is 2.53. The maximum absolute atomic E-state index is 11.7. The minimum atomic E-state index is -0.375. The number of carbonyl (C=O) groups excluding carboxylic acids is 2. The van der Waals surface area contributed by atoms with Gasteiger partial charge in [0.25, 0.3) is 0 Å². The third-order valence-electron chi connectivity index (χ3n) is 3.13. The van der Waals surface area contributed by atoms with E-state index >= 15 is 0 Å². The van der Waals surface area contributed by atoms with Crippen LogP contribution in [0.25, 0.3) is 0 Å². The Hall–Kier alpha value is -1.24. The molecule has 0 bridgehead atoms. The topological polar surface area (TPSA) is 61.4 Å². The molecule has 16 heavy (non-hydrogen) atoms. The zero-order valence-electron chi connectivity index (χ0n) is 8.64. The number of imide groups is 1. The molecule has 1 aromatic rings. The fraction of sp³-hybridized carbons (Fsp3) is 0.400. The molecule has 84 valence electrons. The molecule has 2 saturated heterocycles. The molecule has 3 heterocycles. The summed E-state index contributed by atoms with van der Waals surface area (Å²) >= 11 is 1.59. The van der Waals surface area contributed by atoms with Crippen molar-refractivity contribution in [3.8, 4) is 0 Å². The Morgan fingerprint density at radius 2 is 2.19 bits per heavy atom. The molecule has 5 nitrogen and oxygen atoms in total. The van der Waals surface area contributed by atoms with Crippen LogP contribution in [-0.4, -0.2) is 29.9 Å². The number of likely N-dealkylation sites (N-methyl/N-ethyl adjacent to an activating group) is 1. The van der Waals surface area contributed by atoms with Gasteiger partial charge in [0.2, 0.25) is 11.8 Å². The van der Waals surface area contributed by atoms with Gasteiger partial charge in [-0.1, -0.05) is 6.07 Å². The highest BCUT2D eigenvalue weighted by Crippen LogP contribution is 2.37. The SMILES string of the molecule is CN1N[C@@H](c2cccs2)[C@@H]2C(=O)NC(=O)[C@H]21. The van der Waals surface area contributed by atoms with Crippen LogP contribution in [0.1, 0.15) is 10.9 Å². The highest BCUT2D eigenvalue weighted by molar-refractivity contribution is 7.10. The summed E-state index contributed by atoms with van der Waals surface area (Å²) in [5.41, 5.74) is 3.18. The zero-order chi connectivity index (χ0) is 11.3. The van der Waals surface area contributed by atoms with Gasteiger partial charge in [-0.05, 0) is 11.4 Å². The Bertz CT molecular complexity index is 445. The second kappa shape index (κ2) is 3.38. The number of amides is 2. The Labute approximate surface area is 96.4 Å². The van der Waals surface area contributed by atoms with Crippen molar-refractivity contribution in [2.24, 2.45) is 5.92 Å². The number of nitrogens with zero attached hydrogens (tertiary/aromatic N) is 1. The van der Waals surface area contributed by atoms with Gasteiger partial charge in [-0.25, -0.2) is 10.4 Å². The van der Waals surface area contributed by atoms with Gasteiger partial charge in [-0.15, -0.1) is 11.3 Å². The van der Waals surface area contributed by atoms with Crippen molar-refractivity contribution < 1.29 is 9.59 Å². The van der Waals surface area contributed by atoms with E-state index in [0.29, 0.717) is 0 Å². The molecule has 1 aromatic heterocycles. The van der Waals surface area contributed by atoms with Crippen LogP contribution < -0.4 is 10.7 Å². The number of rotatable bonds is 1. The Morgan fingerprint density at radius 3 is 2.88 bits per heavy atom. The van der Waals surface area contributed by atoms with Crippen molar-refractivity contribution in [3.63, 3.8) is 0 Å². The molecular formula is C10H11N3O2S. The van der Waals surface area contributed by atoms with Crippen LogP contribution >= 0.6 is 11.3 Å².